The molecule has 1 saturated heterocycles. The summed E-state index contributed by atoms with van der Waals surface area (Å²) in [5.74, 6) is 0.508. The van der Waals surface area contributed by atoms with Gasteiger partial charge in [0, 0.05) is 37.9 Å². The van der Waals surface area contributed by atoms with Crippen LogP contribution >= 0.6 is 0 Å². The van der Waals surface area contributed by atoms with Crippen LogP contribution in [0.25, 0.3) is 0 Å². The molecule has 0 aromatic heterocycles. The largest absolute Gasteiger partial charge is 0.497 e. The number of sulfonamides is 1. The molecule has 4 rings (SSSR count). The third-order valence-corrected chi connectivity index (χ3v) is 7.42. The Morgan fingerprint density at radius 2 is 1.84 bits per heavy atom. The van der Waals surface area contributed by atoms with Gasteiger partial charge in [0.05, 0.1) is 30.6 Å². The summed E-state index contributed by atoms with van der Waals surface area (Å²) >= 11 is 0. The van der Waals surface area contributed by atoms with E-state index in [9.17, 15) is 13.2 Å². The van der Waals surface area contributed by atoms with E-state index in [-0.39, 0.29) is 10.8 Å². The van der Waals surface area contributed by atoms with Gasteiger partial charge in [-0.1, -0.05) is 18.2 Å². The van der Waals surface area contributed by atoms with Gasteiger partial charge in [0.2, 0.25) is 5.91 Å². The lowest BCUT2D eigenvalue weighted by atomic mass is 9.95. The number of hydrogen-bond donors (Lipinski definition) is 2. The number of benzene rings is 2. The number of morpholine rings is 1. The Morgan fingerprint density at radius 1 is 1.12 bits per heavy atom. The predicted molar refractivity (Wildman–Crippen MR) is 121 cm³/mol. The van der Waals surface area contributed by atoms with Gasteiger partial charge in [-0.25, -0.2) is 8.42 Å². The summed E-state index contributed by atoms with van der Waals surface area (Å²) in [6.45, 7) is 4.70. The minimum absolute atomic E-state index is 0.0375. The Morgan fingerprint density at radius 3 is 2.50 bits per heavy atom. The molecule has 1 saturated carbocycles. The summed E-state index contributed by atoms with van der Waals surface area (Å²) in [5.41, 5.74) is 0.848. The molecule has 1 aliphatic carbocycles. The van der Waals surface area contributed by atoms with Crippen molar-refractivity contribution in [3.05, 3.63) is 54.1 Å². The number of nitrogens with one attached hydrogen (secondary N) is 2. The van der Waals surface area contributed by atoms with Crippen molar-refractivity contribution < 1.29 is 22.7 Å². The molecule has 172 valence electrons. The fourth-order valence-corrected chi connectivity index (χ4v) is 5.03. The van der Waals surface area contributed by atoms with Gasteiger partial charge in [0.1, 0.15) is 5.75 Å². The molecule has 0 atom stereocenters. The lowest BCUT2D eigenvalue weighted by Gasteiger charge is -2.27. The van der Waals surface area contributed by atoms with Gasteiger partial charge in [0.15, 0.2) is 0 Å². The van der Waals surface area contributed by atoms with Gasteiger partial charge < -0.3 is 14.8 Å². The molecule has 2 aliphatic rings. The SMILES string of the molecule is COc1cccc(S(=O)(=O)Nc2ccc(C3(C(=O)NCCN4CCOCC4)CC3)cc2)c1. The van der Waals surface area contributed by atoms with Crippen LogP contribution < -0.4 is 14.8 Å². The highest BCUT2D eigenvalue weighted by Gasteiger charge is 2.51. The number of carbonyl (C=O) groups is 1. The van der Waals surface area contributed by atoms with Gasteiger partial charge in [-0.3, -0.25) is 14.4 Å². The molecule has 0 unspecified atom stereocenters. The minimum atomic E-state index is -3.74. The molecule has 1 aliphatic heterocycles. The second-order valence-electron chi connectivity index (χ2n) is 8.15. The summed E-state index contributed by atoms with van der Waals surface area (Å²) < 4.78 is 38.4. The van der Waals surface area contributed by atoms with Crippen molar-refractivity contribution in [1.29, 1.82) is 0 Å². The minimum Gasteiger partial charge on any atom is -0.497 e. The quantitative estimate of drug-likeness (QED) is 0.595. The highest BCUT2D eigenvalue weighted by Crippen LogP contribution is 2.48. The van der Waals surface area contributed by atoms with E-state index in [1.165, 1.54) is 19.2 Å². The Balaban J connectivity index is 1.36. The molecule has 2 aromatic carbocycles. The van der Waals surface area contributed by atoms with E-state index in [1.807, 2.05) is 12.1 Å². The van der Waals surface area contributed by atoms with Crippen LogP contribution in [-0.2, 0) is 25.0 Å². The number of methoxy groups -OCH3 is 1. The monoisotopic (exact) mass is 459 g/mol. The van der Waals surface area contributed by atoms with Gasteiger partial charge in [-0.2, -0.15) is 0 Å². The molecule has 9 heteroatoms. The second-order valence-corrected chi connectivity index (χ2v) is 9.84. The highest BCUT2D eigenvalue weighted by atomic mass is 32.2. The summed E-state index contributed by atoms with van der Waals surface area (Å²) in [7, 11) is -2.25. The number of carbonyl (C=O) groups excluding carboxylic acids is 1. The van der Waals surface area contributed by atoms with E-state index >= 15 is 0 Å². The van der Waals surface area contributed by atoms with Crippen molar-refractivity contribution in [2.45, 2.75) is 23.2 Å². The van der Waals surface area contributed by atoms with Crippen LogP contribution in [0.5, 0.6) is 5.75 Å². The standard InChI is InChI=1S/C23H29N3O5S/c1-30-20-3-2-4-21(17-20)32(28,29)25-19-7-5-18(6-8-19)23(9-10-23)22(27)24-11-12-26-13-15-31-16-14-26/h2-8,17,25H,9-16H2,1H3,(H,24,27). The Labute approximate surface area is 189 Å². The zero-order valence-electron chi connectivity index (χ0n) is 18.2. The first kappa shape index (κ1) is 22.6. The zero-order chi connectivity index (χ0) is 22.6. The number of anilines is 1. The molecule has 1 heterocycles. The van der Waals surface area contributed by atoms with E-state index in [0.29, 0.717) is 18.0 Å². The lowest BCUT2D eigenvalue weighted by molar-refractivity contribution is -0.123. The van der Waals surface area contributed by atoms with Gasteiger partial charge >= 0.3 is 0 Å². The van der Waals surface area contributed by atoms with E-state index in [0.717, 1.165) is 51.3 Å². The first-order chi connectivity index (χ1) is 15.4. The molecule has 2 fully saturated rings. The van der Waals surface area contributed by atoms with E-state index in [1.54, 1.807) is 24.3 Å². The third kappa shape index (κ3) is 5.06. The maximum Gasteiger partial charge on any atom is 0.262 e. The molecule has 0 radical (unpaired) electrons. The van der Waals surface area contributed by atoms with Crippen molar-refractivity contribution in [3.63, 3.8) is 0 Å². The fourth-order valence-electron chi connectivity index (χ4n) is 3.93. The Bertz CT molecular complexity index is 1050. The van der Waals surface area contributed by atoms with Crippen molar-refractivity contribution in [2.75, 3.05) is 51.2 Å². The topological polar surface area (TPSA) is 97.0 Å². The number of rotatable bonds is 9. The number of amides is 1. The molecule has 2 aromatic rings. The van der Waals surface area contributed by atoms with E-state index < -0.39 is 15.4 Å². The van der Waals surface area contributed by atoms with Gasteiger partial charge in [-0.15, -0.1) is 0 Å². The second kappa shape index (κ2) is 9.48. The van der Waals surface area contributed by atoms with Crippen LogP contribution in [0.3, 0.4) is 0 Å². The summed E-state index contributed by atoms with van der Waals surface area (Å²) in [4.78, 5) is 15.3. The smallest absolute Gasteiger partial charge is 0.262 e. The van der Waals surface area contributed by atoms with Crippen LogP contribution in [0.1, 0.15) is 18.4 Å². The lowest BCUT2D eigenvalue weighted by Crippen LogP contribution is -2.43. The zero-order valence-corrected chi connectivity index (χ0v) is 19.0. The van der Waals surface area contributed by atoms with Gasteiger partial charge in [-0.05, 0) is 42.7 Å². The average Bonchev–Trinajstić information content (AvgIpc) is 3.62. The fraction of sp³-hybridized carbons (Fsp3) is 0.435. The van der Waals surface area contributed by atoms with E-state index in [4.69, 9.17) is 9.47 Å². The molecule has 0 spiro atoms. The van der Waals surface area contributed by atoms with Crippen LogP contribution in [0.15, 0.2) is 53.4 Å². The average molecular weight is 460 g/mol. The van der Waals surface area contributed by atoms with E-state index in [2.05, 4.69) is 14.9 Å². The van der Waals surface area contributed by atoms with Gasteiger partial charge in [0.25, 0.3) is 10.0 Å². The van der Waals surface area contributed by atoms with Crippen LogP contribution in [0.4, 0.5) is 5.69 Å². The number of ether oxygens (including phenoxy) is 2. The molecule has 1 amide bonds. The molecular weight excluding hydrogens is 430 g/mol. The van der Waals surface area contributed by atoms with Crippen molar-refractivity contribution in [2.24, 2.45) is 0 Å². The Hall–Kier alpha value is -2.62. The maximum absolute atomic E-state index is 12.9. The molecule has 2 N–H and O–H groups in total. The van der Waals surface area contributed by atoms with Crippen LogP contribution in [0.2, 0.25) is 0 Å². The normalized spacial score (nSPS) is 18.0. The maximum atomic E-state index is 12.9. The predicted octanol–water partition coefficient (Wildman–Crippen LogP) is 1.98. The molecular formula is C23H29N3O5S. The first-order valence-electron chi connectivity index (χ1n) is 10.8. The van der Waals surface area contributed by atoms with Crippen molar-refractivity contribution >= 4 is 21.6 Å². The molecule has 32 heavy (non-hydrogen) atoms. The summed E-state index contributed by atoms with van der Waals surface area (Å²) in [5, 5.41) is 3.07. The Kier molecular flexibility index (Phi) is 6.68. The molecule has 0 bridgehead atoms. The first-order valence-corrected chi connectivity index (χ1v) is 12.3. The number of hydrogen-bond acceptors (Lipinski definition) is 6. The number of nitrogens with zero attached hydrogens (tertiary/aromatic N) is 1. The van der Waals surface area contributed by atoms with Crippen LogP contribution in [-0.4, -0.2) is 65.7 Å². The van der Waals surface area contributed by atoms with Crippen LogP contribution in [0, 0.1) is 0 Å². The highest BCUT2D eigenvalue weighted by molar-refractivity contribution is 7.92. The summed E-state index contributed by atoms with van der Waals surface area (Å²) in [6.07, 6.45) is 1.59. The van der Waals surface area contributed by atoms with Crippen molar-refractivity contribution in [1.82, 2.24) is 10.2 Å². The summed E-state index contributed by atoms with van der Waals surface area (Å²) in [6, 6.07) is 13.4. The van der Waals surface area contributed by atoms with Crippen molar-refractivity contribution in [3.8, 4) is 5.75 Å². The third-order valence-electron chi connectivity index (χ3n) is 6.04. The molecule has 8 nitrogen and oxygen atoms in total.